The number of hydrogen-bond acceptors (Lipinski definition) is 3. The molecule has 9 heteroatoms. The van der Waals surface area contributed by atoms with Gasteiger partial charge >= 0.3 is 6.18 Å². The summed E-state index contributed by atoms with van der Waals surface area (Å²) in [5.74, 6) is 0. The zero-order valence-corrected chi connectivity index (χ0v) is 11.6. The van der Waals surface area contributed by atoms with Gasteiger partial charge in [0, 0.05) is 0 Å². The highest BCUT2D eigenvalue weighted by atomic mass is 35.5. The predicted octanol–water partition coefficient (Wildman–Crippen LogP) is 4.14. The fourth-order valence-corrected chi connectivity index (χ4v) is 2.25. The average Bonchev–Trinajstić information content (AvgIpc) is 2.82. The van der Waals surface area contributed by atoms with E-state index in [0.717, 1.165) is 12.1 Å². The van der Waals surface area contributed by atoms with Crippen LogP contribution in [0.4, 0.5) is 13.2 Å². The molecule has 0 spiro atoms. The van der Waals surface area contributed by atoms with Crippen LogP contribution in [0.25, 0.3) is 16.7 Å². The smallest absolute Gasteiger partial charge is 0.215 e. The number of aromatic nitrogens is 4. The molecule has 0 atom stereocenters. The van der Waals surface area contributed by atoms with Crippen molar-refractivity contribution in [2.75, 3.05) is 0 Å². The maximum absolute atomic E-state index is 12.5. The topological polar surface area (TPSA) is 43.6 Å². The molecule has 3 aromatic rings. The molecular weight excluding hydrogens is 328 g/mol. The Bertz CT molecular complexity index is 812. The highest BCUT2D eigenvalue weighted by molar-refractivity contribution is 6.35. The highest BCUT2D eigenvalue weighted by Crippen LogP contribution is 2.30. The lowest BCUT2D eigenvalue weighted by atomic mass is 10.2. The third-order valence-corrected chi connectivity index (χ3v) is 3.25. The minimum absolute atomic E-state index is 0.0684. The molecule has 1 aromatic carbocycles. The van der Waals surface area contributed by atoms with Gasteiger partial charge in [-0.15, -0.1) is 0 Å². The zero-order chi connectivity index (χ0) is 15.2. The number of nitrogens with zero attached hydrogens (tertiary/aromatic N) is 4. The molecule has 2 heterocycles. The Labute approximate surface area is 126 Å². The summed E-state index contributed by atoms with van der Waals surface area (Å²) >= 11 is 11.6. The van der Waals surface area contributed by atoms with Crippen molar-refractivity contribution < 1.29 is 13.2 Å². The maximum Gasteiger partial charge on any atom is 0.416 e. The normalized spacial score (nSPS) is 12.0. The fourth-order valence-electron chi connectivity index (χ4n) is 1.83. The van der Waals surface area contributed by atoms with E-state index in [-0.39, 0.29) is 10.4 Å². The minimum Gasteiger partial charge on any atom is -0.215 e. The second-order valence-electron chi connectivity index (χ2n) is 4.12. The molecule has 21 heavy (non-hydrogen) atoms. The van der Waals surface area contributed by atoms with Crippen LogP contribution in [-0.4, -0.2) is 19.7 Å². The van der Waals surface area contributed by atoms with Gasteiger partial charge in [-0.3, -0.25) is 0 Å². The van der Waals surface area contributed by atoms with Gasteiger partial charge in [-0.1, -0.05) is 11.6 Å². The van der Waals surface area contributed by atoms with Gasteiger partial charge in [0.25, 0.3) is 0 Å². The molecule has 3 rings (SSSR count). The summed E-state index contributed by atoms with van der Waals surface area (Å²) in [7, 11) is 0. The van der Waals surface area contributed by atoms with Crippen LogP contribution in [0.5, 0.6) is 0 Å². The molecular formula is C12H5Cl2F3N4. The van der Waals surface area contributed by atoms with Crippen molar-refractivity contribution in [3.8, 4) is 5.69 Å². The van der Waals surface area contributed by atoms with Crippen molar-refractivity contribution in [3.63, 3.8) is 0 Å². The molecule has 2 aromatic heterocycles. The summed E-state index contributed by atoms with van der Waals surface area (Å²) in [6.07, 6.45) is -2.97. The molecule has 0 unspecified atom stereocenters. The molecule has 0 aliphatic carbocycles. The van der Waals surface area contributed by atoms with E-state index in [4.69, 9.17) is 23.2 Å². The third-order valence-electron chi connectivity index (χ3n) is 2.79. The Morgan fingerprint density at radius 1 is 1.00 bits per heavy atom. The molecule has 4 nitrogen and oxygen atoms in total. The first-order chi connectivity index (χ1) is 9.86. The Kier molecular flexibility index (Phi) is 3.26. The summed E-state index contributed by atoms with van der Waals surface area (Å²) in [5.41, 5.74) is -0.0167. The largest absolute Gasteiger partial charge is 0.416 e. The Morgan fingerprint density at radius 3 is 2.29 bits per heavy atom. The molecule has 0 N–H and O–H groups in total. The Balaban J connectivity index is 2.13. The molecule has 0 aliphatic heterocycles. The van der Waals surface area contributed by atoms with Crippen LogP contribution in [-0.2, 0) is 6.18 Å². The first-order valence-corrected chi connectivity index (χ1v) is 6.36. The van der Waals surface area contributed by atoms with E-state index in [0.29, 0.717) is 16.7 Å². The van der Waals surface area contributed by atoms with E-state index in [1.54, 1.807) is 0 Å². The SMILES string of the molecule is FC(F)(F)c1ccc(-n2ncc3c(Cl)nc(Cl)nc32)cc1. The molecule has 0 amide bonds. The summed E-state index contributed by atoms with van der Waals surface area (Å²) < 4.78 is 39.0. The number of hydrogen-bond donors (Lipinski definition) is 0. The van der Waals surface area contributed by atoms with Gasteiger partial charge in [-0.05, 0) is 35.9 Å². The van der Waals surface area contributed by atoms with E-state index < -0.39 is 11.7 Å². The second kappa shape index (κ2) is 4.85. The Morgan fingerprint density at radius 2 is 1.67 bits per heavy atom. The van der Waals surface area contributed by atoms with Gasteiger partial charge in [0.15, 0.2) is 5.65 Å². The first-order valence-electron chi connectivity index (χ1n) is 5.60. The van der Waals surface area contributed by atoms with E-state index in [1.807, 2.05) is 0 Å². The van der Waals surface area contributed by atoms with Gasteiger partial charge in [-0.2, -0.15) is 23.3 Å². The van der Waals surface area contributed by atoms with Crippen LogP contribution in [0, 0.1) is 0 Å². The van der Waals surface area contributed by atoms with Crippen LogP contribution < -0.4 is 0 Å². The van der Waals surface area contributed by atoms with Crippen LogP contribution in [0.15, 0.2) is 30.5 Å². The van der Waals surface area contributed by atoms with Crippen LogP contribution in [0.2, 0.25) is 10.4 Å². The van der Waals surface area contributed by atoms with Gasteiger partial charge in [0.1, 0.15) is 5.15 Å². The van der Waals surface area contributed by atoms with Crippen LogP contribution >= 0.6 is 23.2 Å². The second-order valence-corrected chi connectivity index (χ2v) is 4.82. The van der Waals surface area contributed by atoms with Gasteiger partial charge < -0.3 is 0 Å². The first kappa shape index (κ1) is 14.1. The molecule has 0 fully saturated rings. The lowest BCUT2D eigenvalue weighted by Gasteiger charge is -2.08. The third kappa shape index (κ3) is 2.54. The van der Waals surface area contributed by atoms with Gasteiger partial charge in [-0.25, -0.2) is 9.67 Å². The van der Waals surface area contributed by atoms with Crippen molar-refractivity contribution in [1.29, 1.82) is 0 Å². The minimum atomic E-state index is -4.39. The Hall–Kier alpha value is -1.86. The number of halogens is 5. The molecule has 0 radical (unpaired) electrons. The molecule has 0 aliphatic rings. The van der Waals surface area contributed by atoms with E-state index in [2.05, 4.69) is 15.1 Å². The summed E-state index contributed by atoms with van der Waals surface area (Å²) in [6.45, 7) is 0. The maximum atomic E-state index is 12.5. The number of rotatable bonds is 1. The van der Waals surface area contributed by atoms with E-state index in [1.165, 1.54) is 23.0 Å². The molecule has 0 bridgehead atoms. The highest BCUT2D eigenvalue weighted by Gasteiger charge is 2.30. The predicted molar refractivity (Wildman–Crippen MR) is 71.7 cm³/mol. The quantitative estimate of drug-likeness (QED) is 0.497. The van der Waals surface area contributed by atoms with Gasteiger partial charge in [0.2, 0.25) is 5.28 Å². The summed E-state index contributed by atoms with van der Waals surface area (Å²) in [5, 5.41) is 4.57. The monoisotopic (exact) mass is 332 g/mol. The van der Waals surface area contributed by atoms with E-state index >= 15 is 0 Å². The molecule has 108 valence electrons. The number of alkyl halides is 3. The summed E-state index contributed by atoms with van der Waals surface area (Å²) in [4.78, 5) is 7.76. The van der Waals surface area contributed by atoms with Crippen LogP contribution in [0.3, 0.4) is 0 Å². The van der Waals surface area contributed by atoms with Crippen molar-refractivity contribution >= 4 is 34.2 Å². The van der Waals surface area contributed by atoms with Crippen LogP contribution in [0.1, 0.15) is 5.56 Å². The van der Waals surface area contributed by atoms with E-state index in [9.17, 15) is 13.2 Å². The van der Waals surface area contributed by atoms with Gasteiger partial charge in [0.05, 0.1) is 22.8 Å². The molecule has 0 saturated heterocycles. The average molecular weight is 333 g/mol. The number of fused-ring (bicyclic) bond motifs is 1. The fraction of sp³-hybridized carbons (Fsp3) is 0.0833. The molecule has 0 saturated carbocycles. The zero-order valence-electron chi connectivity index (χ0n) is 10.1. The van der Waals surface area contributed by atoms with Crippen molar-refractivity contribution in [2.45, 2.75) is 6.18 Å². The van der Waals surface area contributed by atoms with Crippen molar-refractivity contribution in [1.82, 2.24) is 19.7 Å². The van der Waals surface area contributed by atoms with Crippen molar-refractivity contribution in [3.05, 3.63) is 46.5 Å². The lowest BCUT2D eigenvalue weighted by molar-refractivity contribution is -0.137. The summed E-state index contributed by atoms with van der Waals surface area (Å²) in [6, 6.07) is 4.51. The number of benzene rings is 1. The lowest BCUT2D eigenvalue weighted by Crippen LogP contribution is -2.05. The standard InChI is InChI=1S/C12H5Cl2F3N4/c13-9-8-5-18-21(10(8)20-11(14)19-9)7-3-1-6(2-4-7)12(15,16)17/h1-5H. The van der Waals surface area contributed by atoms with Crippen molar-refractivity contribution in [2.24, 2.45) is 0 Å².